The van der Waals surface area contributed by atoms with E-state index < -0.39 is 5.97 Å². The monoisotopic (exact) mass is 169 g/mol. The second-order valence-corrected chi connectivity index (χ2v) is 2.91. The molecule has 1 aromatic heterocycles. The highest BCUT2D eigenvalue weighted by atomic mass is 32.2. The summed E-state index contributed by atoms with van der Waals surface area (Å²) in [4.78, 5) is 14.9. The van der Waals surface area contributed by atoms with Crippen LogP contribution in [0.3, 0.4) is 0 Å². The minimum atomic E-state index is -0.799. The van der Waals surface area contributed by atoms with Gasteiger partial charge in [0.25, 0.3) is 0 Å². The summed E-state index contributed by atoms with van der Waals surface area (Å²) >= 11 is 1.29. The lowest BCUT2D eigenvalue weighted by atomic mass is 10.5. The third kappa shape index (κ3) is 3.04. The number of aromatic nitrogens is 1. The fourth-order valence-electron chi connectivity index (χ4n) is 0.580. The normalized spacial score (nSPS) is 9.45. The number of hydrogen-bond acceptors (Lipinski definition) is 3. The van der Waals surface area contributed by atoms with Gasteiger partial charge in [0.1, 0.15) is 0 Å². The molecule has 11 heavy (non-hydrogen) atoms. The maximum atomic E-state index is 10.1. The quantitative estimate of drug-likeness (QED) is 0.692. The highest BCUT2D eigenvalue weighted by molar-refractivity contribution is 8.00. The minimum absolute atomic E-state index is 0.101. The summed E-state index contributed by atoms with van der Waals surface area (Å²) in [5, 5.41) is 8.34. The molecule has 4 heteroatoms. The van der Waals surface area contributed by atoms with Gasteiger partial charge in [-0.3, -0.25) is 9.78 Å². The highest BCUT2D eigenvalue weighted by Crippen LogP contribution is 2.14. The SMILES string of the molecule is O=C(O)CSc1ccncc1. The lowest BCUT2D eigenvalue weighted by molar-refractivity contribution is -0.133. The van der Waals surface area contributed by atoms with Crippen LogP contribution in [0.25, 0.3) is 0 Å². The molecule has 0 aliphatic carbocycles. The molecular formula is C7H7NO2S. The maximum absolute atomic E-state index is 10.1. The Morgan fingerprint density at radius 3 is 2.73 bits per heavy atom. The van der Waals surface area contributed by atoms with Gasteiger partial charge in [-0.15, -0.1) is 11.8 Å². The van der Waals surface area contributed by atoms with E-state index >= 15 is 0 Å². The predicted octanol–water partition coefficient (Wildman–Crippen LogP) is 1.26. The number of rotatable bonds is 3. The first-order chi connectivity index (χ1) is 5.29. The van der Waals surface area contributed by atoms with Crippen molar-refractivity contribution in [2.24, 2.45) is 0 Å². The van der Waals surface area contributed by atoms with Gasteiger partial charge < -0.3 is 5.11 Å². The highest BCUT2D eigenvalue weighted by Gasteiger charge is 1.97. The van der Waals surface area contributed by atoms with Crippen molar-refractivity contribution in [1.82, 2.24) is 4.98 Å². The standard InChI is InChI=1S/C7H7NO2S/c9-7(10)5-11-6-1-3-8-4-2-6/h1-4H,5H2,(H,9,10). The molecule has 0 aliphatic rings. The number of aliphatic carboxylic acids is 1. The van der Waals surface area contributed by atoms with E-state index in [0.717, 1.165) is 4.90 Å². The molecule has 0 bridgehead atoms. The Balaban J connectivity index is 2.45. The number of thioether (sulfide) groups is 1. The van der Waals surface area contributed by atoms with Crippen molar-refractivity contribution in [1.29, 1.82) is 0 Å². The Labute approximate surface area is 68.5 Å². The largest absolute Gasteiger partial charge is 0.481 e. The van der Waals surface area contributed by atoms with Gasteiger partial charge >= 0.3 is 5.97 Å². The summed E-state index contributed by atoms with van der Waals surface area (Å²) < 4.78 is 0. The first-order valence-corrected chi connectivity index (χ1v) is 4.02. The van der Waals surface area contributed by atoms with Crippen LogP contribution >= 0.6 is 11.8 Å². The van der Waals surface area contributed by atoms with E-state index in [1.54, 1.807) is 24.5 Å². The maximum Gasteiger partial charge on any atom is 0.313 e. The third-order valence-electron chi connectivity index (χ3n) is 1.01. The van der Waals surface area contributed by atoms with E-state index in [2.05, 4.69) is 4.98 Å². The third-order valence-corrected chi connectivity index (χ3v) is 2.01. The molecule has 1 aromatic rings. The van der Waals surface area contributed by atoms with Crippen LogP contribution in [0.15, 0.2) is 29.4 Å². The Kier molecular flexibility index (Phi) is 2.92. The van der Waals surface area contributed by atoms with E-state index in [1.165, 1.54) is 11.8 Å². The average molecular weight is 169 g/mol. The first kappa shape index (κ1) is 8.07. The van der Waals surface area contributed by atoms with Crippen molar-refractivity contribution in [3.8, 4) is 0 Å². The van der Waals surface area contributed by atoms with Gasteiger partial charge in [0.2, 0.25) is 0 Å². The number of carbonyl (C=O) groups is 1. The van der Waals surface area contributed by atoms with Crippen molar-refractivity contribution in [2.45, 2.75) is 4.90 Å². The van der Waals surface area contributed by atoms with Crippen LogP contribution in [0, 0.1) is 0 Å². The summed E-state index contributed by atoms with van der Waals surface area (Å²) in [5.41, 5.74) is 0. The van der Waals surface area contributed by atoms with E-state index in [1.807, 2.05) is 0 Å². The Bertz CT molecular complexity index is 237. The van der Waals surface area contributed by atoms with Gasteiger partial charge in [0, 0.05) is 17.3 Å². The van der Waals surface area contributed by atoms with Crippen LogP contribution in [0.5, 0.6) is 0 Å². The molecule has 0 atom stereocenters. The molecule has 0 saturated carbocycles. The lowest BCUT2D eigenvalue weighted by Crippen LogP contribution is -1.97. The second kappa shape index (κ2) is 3.98. The van der Waals surface area contributed by atoms with Crippen molar-refractivity contribution < 1.29 is 9.90 Å². The fourth-order valence-corrected chi connectivity index (χ4v) is 1.18. The average Bonchev–Trinajstić information content (AvgIpc) is 2.03. The zero-order valence-corrected chi connectivity index (χ0v) is 6.54. The number of carboxylic acid groups (broad SMARTS) is 1. The van der Waals surface area contributed by atoms with Gasteiger partial charge in [0.05, 0.1) is 5.75 Å². The van der Waals surface area contributed by atoms with Crippen molar-refractivity contribution in [2.75, 3.05) is 5.75 Å². The number of hydrogen-bond donors (Lipinski definition) is 1. The second-order valence-electron chi connectivity index (χ2n) is 1.87. The minimum Gasteiger partial charge on any atom is -0.481 e. The molecule has 0 radical (unpaired) electrons. The molecule has 58 valence electrons. The Morgan fingerprint density at radius 2 is 2.18 bits per heavy atom. The van der Waals surface area contributed by atoms with E-state index in [9.17, 15) is 4.79 Å². The number of pyridine rings is 1. The van der Waals surface area contributed by atoms with Crippen LogP contribution in [-0.4, -0.2) is 21.8 Å². The molecule has 1 heterocycles. The lowest BCUT2D eigenvalue weighted by Gasteiger charge is -1.94. The van der Waals surface area contributed by atoms with Gasteiger partial charge in [-0.1, -0.05) is 0 Å². The summed E-state index contributed by atoms with van der Waals surface area (Å²) in [6, 6.07) is 3.57. The smallest absolute Gasteiger partial charge is 0.313 e. The van der Waals surface area contributed by atoms with Gasteiger partial charge in [-0.25, -0.2) is 0 Å². The summed E-state index contributed by atoms with van der Waals surface area (Å²) in [5.74, 6) is -0.698. The zero-order valence-electron chi connectivity index (χ0n) is 5.73. The number of nitrogens with zero attached hydrogens (tertiary/aromatic N) is 1. The summed E-state index contributed by atoms with van der Waals surface area (Å²) in [6.45, 7) is 0. The molecule has 0 unspecified atom stereocenters. The van der Waals surface area contributed by atoms with E-state index in [4.69, 9.17) is 5.11 Å². The molecule has 1 rings (SSSR count). The van der Waals surface area contributed by atoms with Crippen LogP contribution in [0.4, 0.5) is 0 Å². The number of carboxylic acids is 1. The fraction of sp³-hybridized carbons (Fsp3) is 0.143. The molecular weight excluding hydrogens is 162 g/mol. The topological polar surface area (TPSA) is 50.2 Å². The Hall–Kier alpha value is -1.03. The molecule has 3 nitrogen and oxygen atoms in total. The molecule has 0 fully saturated rings. The van der Waals surface area contributed by atoms with Crippen LogP contribution in [0.2, 0.25) is 0 Å². The molecule has 1 N–H and O–H groups in total. The van der Waals surface area contributed by atoms with E-state index in [-0.39, 0.29) is 5.75 Å². The van der Waals surface area contributed by atoms with Gasteiger partial charge in [-0.05, 0) is 12.1 Å². The zero-order chi connectivity index (χ0) is 8.10. The molecule has 0 aromatic carbocycles. The molecule has 0 aliphatic heterocycles. The first-order valence-electron chi connectivity index (χ1n) is 3.03. The van der Waals surface area contributed by atoms with Crippen LogP contribution in [-0.2, 0) is 4.79 Å². The van der Waals surface area contributed by atoms with Crippen molar-refractivity contribution in [3.63, 3.8) is 0 Å². The predicted molar refractivity (Wildman–Crippen MR) is 42.6 cm³/mol. The van der Waals surface area contributed by atoms with Crippen LogP contribution in [0.1, 0.15) is 0 Å². The van der Waals surface area contributed by atoms with Crippen molar-refractivity contribution >= 4 is 17.7 Å². The molecule has 0 spiro atoms. The van der Waals surface area contributed by atoms with Gasteiger partial charge in [-0.2, -0.15) is 0 Å². The van der Waals surface area contributed by atoms with E-state index in [0.29, 0.717) is 0 Å². The van der Waals surface area contributed by atoms with Gasteiger partial charge in [0.15, 0.2) is 0 Å². The van der Waals surface area contributed by atoms with Crippen LogP contribution < -0.4 is 0 Å². The molecule has 0 saturated heterocycles. The van der Waals surface area contributed by atoms with Crippen molar-refractivity contribution in [3.05, 3.63) is 24.5 Å². The molecule has 0 amide bonds. The summed E-state index contributed by atoms with van der Waals surface area (Å²) in [6.07, 6.45) is 3.29. The summed E-state index contributed by atoms with van der Waals surface area (Å²) in [7, 11) is 0. The Morgan fingerprint density at radius 1 is 1.55 bits per heavy atom.